The first-order valence-corrected chi connectivity index (χ1v) is 6.32. The van der Waals surface area contributed by atoms with Crippen molar-refractivity contribution < 1.29 is 0 Å². The van der Waals surface area contributed by atoms with E-state index in [0.29, 0.717) is 11.8 Å². The van der Waals surface area contributed by atoms with E-state index in [1.165, 1.54) is 5.56 Å². The minimum absolute atomic E-state index is 0.294. The van der Waals surface area contributed by atoms with Gasteiger partial charge in [-0.25, -0.2) is 4.98 Å². The van der Waals surface area contributed by atoms with Crippen LogP contribution in [0.3, 0.4) is 0 Å². The van der Waals surface area contributed by atoms with E-state index in [4.69, 9.17) is 5.73 Å². The van der Waals surface area contributed by atoms with Crippen LogP contribution in [-0.4, -0.2) is 15.0 Å². The highest BCUT2D eigenvalue weighted by Crippen LogP contribution is 2.17. The summed E-state index contributed by atoms with van der Waals surface area (Å²) in [5.41, 5.74) is 8.01. The molecular formula is C14H18N4. The second kappa shape index (κ2) is 5.58. The fraction of sp³-hybridized carbons (Fsp3) is 0.357. The Morgan fingerprint density at radius 1 is 1.00 bits per heavy atom. The van der Waals surface area contributed by atoms with Gasteiger partial charge in [0.1, 0.15) is 5.82 Å². The molecule has 0 aliphatic rings. The van der Waals surface area contributed by atoms with E-state index in [-0.39, 0.29) is 0 Å². The van der Waals surface area contributed by atoms with Gasteiger partial charge in [0.05, 0.1) is 0 Å². The van der Waals surface area contributed by atoms with Crippen LogP contribution in [0.2, 0.25) is 0 Å². The molecule has 0 fully saturated rings. The molecule has 0 bridgehead atoms. The largest absolute Gasteiger partial charge is 0.368 e. The molecular weight excluding hydrogens is 224 g/mol. The van der Waals surface area contributed by atoms with E-state index in [1.807, 2.05) is 12.1 Å². The van der Waals surface area contributed by atoms with E-state index >= 15 is 0 Å². The van der Waals surface area contributed by atoms with E-state index in [0.717, 1.165) is 30.7 Å². The second-order valence-electron chi connectivity index (χ2n) is 4.23. The number of anilines is 1. The summed E-state index contributed by atoms with van der Waals surface area (Å²) in [7, 11) is 0. The Balaban J connectivity index is 2.36. The van der Waals surface area contributed by atoms with Crippen LogP contribution >= 0.6 is 0 Å². The van der Waals surface area contributed by atoms with Gasteiger partial charge in [-0.3, -0.25) is 0 Å². The number of nitrogen functional groups attached to an aromatic ring is 1. The molecule has 4 heteroatoms. The van der Waals surface area contributed by atoms with E-state index < -0.39 is 0 Å². The molecule has 4 nitrogen and oxygen atoms in total. The molecule has 0 spiro atoms. The molecule has 0 saturated heterocycles. The summed E-state index contributed by atoms with van der Waals surface area (Å²) in [5, 5.41) is 0. The van der Waals surface area contributed by atoms with Gasteiger partial charge in [0, 0.05) is 12.0 Å². The summed E-state index contributed by atoms with van der Waals surface area (Å²) in [6.07, 6.45) is 2.85. The van der Waals surface area contributed by atoms with Gasteiger partial charge in [0.2, 0.25) is 5.95 Å². The minimum atomic E-state index is 0.294. The Kier molecular flexibility index (Phi) is 3.87. The van der Waals surface area contributed by atoms with E-state index in [1.54, 1.807) is 0 Å². The lowest BCUT2D eigenvalue weighted by atomic mass is 10.1. The maximum atomic E-state index is 5.72. The van der Waals surface area contributed by atoms with Crippen LogP contribution in [-0.2, 0) is 12.8 Å². The fourth-order valence-electron chi connectivity index (χ4n) is 1.79. The van der Waals surface area contributed by atoms with Crippen molar-refractivity contribution >= 4 is 5.95 Å². The highest BCUT2D eigenvalue weighted by molar-refractivity contribution is 5.56. The molecule has 18 heavy (non-hydrogen) atoms. The summed E-state index contributed by atoms with van der Waals surface area (Å²) in [5.74, 6) is 1.72. The minimum Gasteiger partial charge on any atom is -0.368 e. The fourth-order valence-corrected chi connectivity index (χ4v) is 1.79. The molecule has 1 heterocycles. The molecule has 0 aliphatic carbocycles. The van der Waals surface area contributed by atoms with Crippen LogP contribution in [0.15, 0.2) is 24.3 Å². The van der Waals surface area contributed by atoms with Crippen molar-refractivity contribution in [2.75, 3.05) is 5.73 Å². The third kappa shape index (κ3) is 2.83. The smallest absolute Gasteiger partial charge is 0.223 e. The standard InChI is InChI=1S/C14H18N4/c1-3-5-12-16-13(18-14(15)17-12)11-8-6-10(4-2)7-9-11/h6-9H,3-5H2,1-2H3,(H2,15,16,17,18). The Labute approximate surface area is 107 Å². The maximum absolute atomic E-state index is 5.72. The monoisotopic (exact) mass is 242 g/mol. The number of nitrogens with zero attached hydrogens (tertiary/aromatic N) is 3. The first-order valence-electron chi connectivity index (χ1n) is 6.32. The van der Waals surface area contributed by atoms with Crippen LogP contribution < -0.4 is 5.73 Å². The van der Waals surface area contributed by atoms with Crippen LogP contribution in [0, 0.1) is 0 Å². The Bertz CT molecular complexity index is 520. The zero-order valence-electron chi connectivity index (χ0n) is 10.8. The number of nitrogens with two attached hydrogens (primary N) is 1. The van der Waals surface area contributed by atoms with E-state index in [2.05, 4.69) is 40.9 Å². The third-order valence-electron chi connectivity index (χ3n) is 2.79. The lowest BCUT2D eigenvalue weighted by molar-refractivity contribution is 0.825. The van der Waals surface area contributed by atoms with Crippen molar-refractivity contribution in [1.82, 2.24) is 15.0 Å². The van der Waals surface area contributed by atoms with Gasteiger partial charge in [-0.2, -0.15) is 9.97 Å². The van der Waals surface area contributed by atoms with Gasteiger partial charge >= 0.3 is 0 Å². The van der Waals surface area contributed by atoms with Crippen molar-refractivity contribution in [3.63, 3.8) is 0 Å². The number of aryl methyl sites for hydroxylation is 2. The summed E-state index contributed by atoms with van der Waals surface area (Å²) >= 11 is 0. The highest BCUT2D eigenvalue weighted by atomic mass is 15.1. The Morgan fingerprint density at radius 3 is 2.33 bits per heavy atom. The van der Waals surface area contributed by atoms with Crippen molar-refractivity contribution in [2.24, 2.45) is 0 Å². The van der Waals surface area contributed by atoms with Gasteiger partial charge in [-0.15, -0.1) is 0 Å². The molecule has 0 unspecified atom stereocenters. The van der Waals surface area contributed by atoms with Gasteiger partial charge in [-0.1, -0.05) is 38.1 Å². The molecule has 1 aromatic heterocycles. The summed E-state index contributed by atoms with van der Waals surface area (Å²) in [6.45, 7) is 4.23. The van der Waals surface area contributed by atoms with Crippen molar-refractivity contribution in [1.29, 1.82) is 0 Å². The molecule has 2 aromatic rings. The molecule has 1 aromatic carbocycles. The molecule has 0 radical (unpaired) electrons. The van der Waals surface area contributed by atoms with Gasteiger partial charge < -0.3 is 5.73 Å². The SMILES string of the molecule is CCCc1nc(N)nc(-c2ccc(CC)cc2)n1. The summed E-state index contributed by atoms with van der Waals surface area (Å²) in [4.78, 5) is 12.8. The van der Waals surface area contributed by atoms with Gasteiger partial charge in [0.15, 0.2) is 5.82 Å². The molecule has 94 valence electrons. The molecule has 2 N–H and O–H groups in total. The Morgan fingerprint density at radius 2 is 1.72 bits per heavy atom. The zero-order valence-corrected chi connectivity index (χ0v) is 10.8. The van der Waals surface area contributed by atoms with E-state index in [9.17, 15) is 0 Å². The van der Waals surface area contributed by atoms with Crippen LogP contribution in [0.1, 0.15) is 31.7 Å². The third-order valence-corrected chi connectivity index (χ3v) is 2.79. The summed E-state index contributed by atoms with van der Waals surface area (Å²) < 4.78 is 0. The number of aromatic nitrogens is 3. The van der Waals surface area contributed by atoms with Crippen LogP contribution in [0.4, 0.5) is 5.95 Å². The lowest BCUT2D eigenvalue weighted by Crippen LogP contribution is -2.04. The highest BCUT2D eigenvalue weighted by Gasteiger charge is 2.06. The van der Waals surface area contributed by atoms with Crippen molar-refractivity contribution in [3.8, 4) is 11.4 Å². The van der Waals surface area contributed by atoms with Gasteiger partial charge in [0.25, 0.3) is 0 Å². The molecule has 2 rings (SSSR count). The lowest BCUT2D eigenvalue weighted by Gasteiger charge is -2.05. The topological polar surface area (TPSA) is 64.7 Å². The zero-order chi connectivity index (χ0) is 13.0. The second-order valence-corrected chi connectivity index (χ2v) is 4.23. The van der Waals surface area contributed by atoms with Crippen LogP contribution in [0.5, 0.6) is 0 Å². The number of hydrogen-bond donors (Lipinski definition) is 1. The first kappa shape index (κ1) is 12.5. The number of benzene rings is 1. The van der Waals surface area contributed by atoms with Gasteiger partial charge in [-0.05, 0) is 18.4 Å². The normalized spacial score (nSPS) is 10.6. The quantitative estimate of drug-likeness (QED) is 0.895. The number of rotatable bonds is 4. The molecule has 0 atom stereocenters. The van der Waals surface area contributed by atoms with Crippen molar-refractivity contribution in [3.05, 3.63) is 35.7 Å². The number of hydrogen-bond acceptors (Lipinski definition) is 4. The maximum Gasteiger partial charge on any atom is 0.223 e. The predicted octanol–water partition coefficient (Wildman–Crippen LogP) is 2.64. The molecule has 0 saturated carbocycles. The first-order chi connectivity index (χ1) is 8.72. The van der Waals surface area contributed by atoms with Crippen LogP contribution in [0.25, 0.3) is 11.4 Å². The molecule has 0 aliphatic heterocycles. The predicted molar refractivity (Wildman–Crippen MR) is 73.0 cm³/mol. The van der Waals surface area contributed by atoms with Crippen molar-refractivity contribution in [2.45, 2.75) is 33.1 Å². The molecule has 0 amide bonds. The Hall–Kier alpha value is -1.97. The average Bonchev–Trinajstić information content (AvgIpc) is 2.38. The average molecular weight is 242 g/mol. The summed E-state index contributed by atoms with van der Waals surface area (Å²) in [6, 6.07) is 8.25.